The molecule has 4 atom stereocenters. The summed E-state index contributed by atoms with van der Waals surface area (Å²) in [5.41, 5.74) is 16.7. The van der Waals surface area contributed by atoms with Gasteiger partial charge < -0.3 is 43.4 Å². The molecule has 0 saturated carbocycles. The monoisotopic (exact) mass is 492 g/mol. The van der Waals surface area contributed by atoms with E-state index in [1.165, 1.54) is 11.8 Å². The number of aliphatic carboxylic acids is 1. The average molecular weight is 493 g/mol. The Balaban J connectivity index is 5.15. The van der Waals surface area contributed by atoms with E-state index in [9.17, 15) is 29.4 Å². The van der Waals surface area contributed by atoms with E-state index in [2.05, 4.69) is 16.0 Å². The van der Waals surface area contributed by atoms with Gasteiger partial charge in [-0.1, -0.05) is 6.42 Å². The summed E-state index contributed by atoms with van der Waals surface area (Å²) in [5.74, 6) is -2.67. The van der Waals surface area contributed by atoms with Gasteiger partial charge in [0.25, 0.3) is 0 Å². The molecule has 0 aliphatic rings. The van der Waals surface area contributed by atoms with Gasteiger partial charge in [-0.25, -0.2) is 4.79 Å². The molecular formula is C20H40N6O6S. The van der Waals surface area contributed by atoms with E-state index < -0.39 is 54.5 Å². The Morgan fingerprint density at radius 2 is 1.30 bits per heavy atom. The van der Waals surface area contributed by atoms with Gasteiger partial charge in [-0.3, -0.25) is 14.4 Å². The lowest BCUT2D eigenvalue weighted by molar-refractivity contribution is -0.142. The molecule has 13 heteroatoms. The van der Waals surface area contributed by atoms with E-state index >= 15 is 0 Å². The molecule has 0 aliphatic heterocycles. The minimum atomic E-state index is -1.31. The molecule has 0 fully saturated rings. The first-order valence-corrected chi connectivity index (χ1v) is 12.5. The van der Waals surface area contributed by atoms with E-state index in [4.69, 9.17) is 17.2 Å². The van der Waals surface area contributed by atoms with Crippen molar-refractivity contribution in [1.29, 1.82) is 0 Å². The Morgan fingerprint density at radius 3 is 1.82 bits per heavy atom. The second-order valence-corrected chi connectivity index (χ2v) is 8.65. The standard InChI is InChI=1S/C20H40N6O6S/c1-33-11-8-15(20(31)32)25-18(29)14(7-3-5-10-22)24-19(30)16(12-27)26-17(28)13(23)6-2-4-9-21/h13-16,27H,2-12,21-23H2,1H3,(H,24,30)(H,25,29)(H,26,28)(H,31,32). The highest BCUT2D eigenvalue weighted by Crippen LogP contribution is 2.06. The lowest BCUT2D eigenvalue weighted by atomic mass is 10.1. The van der Waals surface area contributed by atoms with Crippen molar-refractivity contribution in [1.82, 2.24) is 16.0 Å². The molecule has 0 saturated heterocycles. The number of carboxylic acids is 1. The summed E-state index contributed by atoms with van der Waals surface area (Å²) >= 11 is 1.45. The van der Waals surface area contributed by atoms with Crippen LogP contribution in [-0.4, -0.2) is 89.8 Å². The number of hydrogen-bond acceptors (Lipinski definition) is 9. The molecule has 0 spiro atoms. The zero-order chi connectivity index (χ0) is 25.2. The van der Waals surface area contributed by atoms with Gasteiger partial charge >= 0.3 is 5.97 Å². The topological polar surface area (TPSA) is 223 Å². The first-order valence-electron chi connectivity index (χ1n) is 11.1. The molecule has 0 heterocycles. The van der Waals surface area contributed by atoms with Gasteiger partial charge in [0.15, 0.2) is 0 Å². The number of aliphatic hydroxyl groups excluding tert-OH is 1. The summed E-state index contributed by atoms with van der Waals surface area (Å²) in [7, 11) is 0. The Kier molecular flexibility index (Phi) is 17.4. The molecule has 0 aliphatic carbocycles. The van der Waals surface area contributed by atoms with Crippen molar-refractivity contribution < 1.29 is 29.4 Å². The van der Waals surface area contributed by atoms with Crippen LogP contribution in [0.5, 0.6) is 0 Å². The zero-order valence-corrected chi connectivity index (χ0v) is 20.1. The van der Waals surface area contributed by atoms with E-state index in [1.807, 2.05) is 6.26 Å². The van der Waals surface area contributed by atoms with E-state index in [1.54, 1.807) is 0 Å². The van der Waals surface area contributed by atoms with Crippen LogP contribution in [0.25, 0.3) is 0 Å². The maximum atomic E-state index is 12.7. The molecular weight excluding hydrogens is 452 g/mol. The Bertz CT molecular complexity index is 612. The number of nitrogens with two attached hydrogens (primary N) is 3. The molecule has 0 aromatic heterocycles. The summed E-state index contributed by atoms with van der Waals surface area (Å²) in [6.45, 7) is 0.171. The van der Waals surface area contributed by atoms with Crippen molar-refractivity contribution in [2.45, 2.75) is 69.1 Å². The molecule has 11 N–H and O–H groups in total. The van der Waals surface area contributed by atoms with Crippen LogP contribution in [0, 0.1) is 0 Å². The molecule has 192 valence electrons. The Labute approximate surface area is 199 Å². The van der Waals surface area contributed by atoms with Crippen molar-refractivity contribution in [3.8, 4) is 0 Å². The second kappa shape index (κ2) is 18.5. The van der Waals surface area contributed by atoms with Gasteiger partial charge in [0.1, 0.15) is 18.1 Å². The highest BCUT2D eigenvalue weighted by Gasteiger charge is 2.29. The predicted molar refractivity (Wildman–Crippen MR) is 127 cm³/mol. The van der Waals surface area contributed by atoms with E-state index in [0.29, 0.717) is 50.9 Å². The normalized spacial score (nSPS) is 14.6. The first kappa shape index (κ1) is 31.1. The highest BCUT2D eigenvalue weighted by molar-refractivity contribution is 7.98. The molecule has 3 amide bonds. The van der Waals surface area contributed by atoms with Crippen molar-refractivity contribution in [2.24, 2.45) is 17.2 Å². The Hall–Kier alpha value is -1.93. The zero-order valence-electron chi connectivity index (χ0n) is 19.3. The number of nitrogens with one attached hydrogen (secondary N) is 3. The molecule has 0 aromatic carbocycles. The molecule has 0 radical (unpaired) electrons. The van der Waals surface area contributed by atoms with Crippen molar-refractivity contribution in [3.63, 3.8) is 0 Å². The van der Waals surface area contributed by atoms with Gasteiger partial charge in [-0.05, 0) is 63.6 Å². The fourth-order valence-electron chi connectivity index (χ4n) is 2.91. The van der Waals surface area contributed by atoms with E-state index in [-0.39, 0.29) is 12.8 Å². The third-order valence-corrected chi connectivity index (χ3v) is 5.57. The van der Waals surface area contributed by atoms with Crippen LogP contribution in [-0.2, 0) is 19.2 Å². The first-order chi connectivity index (χ1) is 15.7. The number of rotatable bonds is 19. The number of aliphatic hydroxyl groups is 1. The molecule has 33 heavy (non-hydrogen) atoms. The predicted octanol–water partition coefficient (Wildman–Crippen LogP) is -2.14. The summed E-state index contributed by atoms with van der Waals surface area (Å²) < 4.78 is 0. The number of hydrogen-bond donors (Lipinski definition) is 8. The van der Waals surface area contributed by atoms with Gasteiger partial charge in [-0.2, -0.15) is 11.8 Å². The number of amides is 3. The molecule has 0 bridgehead atoms. The molecule has 4 unspecified atom stereocenters. The molecule has 0 aromatic rings. The van der Waals surface area contributed by atoms with Gasteiger partial charge in [0, 0.05) is 0 Å². The van der Waals surface area contributed by atoms with Gasteiger partial charge in [-0.15, -0.1) is 0 Å². The summed E-state index contributed by atoms with van der Waals surface area (Å²) in [6.07, 6.45) is 5.11. The van der Waals surface area contributed by atoms with Crippen LogP contribution in [0.3, 0.4) is 0 Å². The minimum Gasteiger partial charge on any atom is -0.480 e. The van der Waals surface area contributed by atoms with Crippen LogP contribution in [0.2, 0.25) is 0 Å². The number of carbonyl (C=O) groups is 4. The summed E-state index contributed by atoms with van der Waals surface area (Å²) in [4.78, 5) is 49.1. The van der Waals surface area contributed by atoms with Crippen molar-refractivity contribution >= 4 is 35.5 Å². The van der Waals surface area contributed by atoms with Crippen molar-refractivity contribution in [3.05, 3.63) is 0 Å². The number of carboxylic acid groups (broad SMARTS) is 1. The van der Waals surface area contributed by atoms with Gasteiger partial charge in [0.2, 0.25) is 17.7 Å². The van der Waals surface area contributed by atoms with E-state index in [0.717, 1.165) is 0 Å². The summed E-state index contributed by atoms with van der Waals surface area (Å²) in [5, 5.41) is 26.3. The quantitative estimate of drug-likeness (QED) is 0.0913. The third kappa shape index (κ3) is 13.4. The maximum absolute atomic E-state index is 12.7. The molecule has 0 rings (SSSR count). The third-order valence-electron chi connectivity index (χ3n) is 4.93. The highest BCUT2D eigenvalue weighted by atomic mass is 32.2. The minimum absolute atomic E-state index is 0.217. The lowest BCUT2D eigenvalue weighted by Crippen LogP contribution is -2.58. The fraction of sp³-hybridized carbons (Fsp3) is 0.800. The molecule has 12 nitrogen and oxygen atoms in total. The van der Waals surface area contributed by atoms with Crippen LogP contribution < -0.4 is 33.2 Å². The fourth-order valence-corrected chi connectivity index (χ4v) is 3.38. The Morgan fingerprint density at radius 1 is 0.788 bits per heavy atom. The average Bonchev–Trinajstić information content (AvgIpc) is 2.78. The largest absolute Gasteiger partial charge is 0.480 e. The van der Waals surface area contributed by atoms with Crippen LogP contribution >= 0.6 is 11.8 Å². The maximum Gasteiger partial charge on any atom is 0.326 e. The summed E-state index contributed by atoms with van der Waals surface area (Å²) in [6, 6.07) is -4.33. The smallest absolute Gasteiger partial charge is 0.326 e. The van der Waals surface area contributed by atoms with Crippen LogP contribution in [0.1, 0.15) is 44.9 Å². The van der Waals surface area contributed by atoms with Crippen LogP contribution in [0.15, 0.2) is 0 Å². The number of carbonyl (C=O) groups excluding carboxylic acids is 3. The number of unbranched alkanes of at least 4 members (excludes halogenated alkanes) is 2. The number of thioether (sulfide) groups is 1. The SMILES string of the molecule is CSCCC(NC(=O)C(CCCCN)NC(=O)C(CO)NC(=O)C(N)CCCCN)C(=O)O. The van der Waals surface area contributed by atoms with Crippen molar-refractivity contribution in [2.75, 3.05) is 31.7 Å². The van der Waals surface area contributed by atoms with Gasteiger partial charge in [0.05, 0.1) is 12.6 Å². The van der Waals surface area contributed by atoms with Crippen LogP contribution in [0.4, 0.5) is 0 Å². The second-order valence-electron chi connectivity index (χ2n) is 7.66. The lowest BCUT2D eigenvalue weighted by Gasteiger charge is -2.24.